The van der Waals surface area contributed by atoms with Gasteiger partial charge in [0.2, 0.25) is 0 Å². The van der Waals surface area contributed by atoms with E-state index < -0.39 is 0 Å². The van der Waals surface area contributed by atoms with E-state index in [1.54, 1.807) is 0 Å². The minimum Gasteiger partial charge on any atom is -0.352 e. The van der Waals surface area contributed by atoms with Gasteiger partial charge in [-0.3, -0.25) is 4.79 Å². The Labute approximate surface area is 90.7 Å². The molecule has 0 unspecified atom stereocenters. The second-order valence-corrected chi connectivity index (χ2v) is 5.09. The van der Waals surface area contributed by atoms with Crippen molar-refractivity contribution in [1.82, 2.24) is 5.32 Å². The topological polar surface area (TPSA) is 29.1 Å². The number of fused-ring (bicyclic) bond motifs is 1. The Morgan fingerprint density at radius 2 is 2.00 bits per heavy atom. The van der Waals surface area contributed by atoms with Gasteiger partial charge in [0.1, 0.15) is 0 Å². The van der Waals surface area contributed by atoms with Crippen LogP contribution in [0.5, 0.6) is 0 Å². The van der Waals surface area contributed by atoms with Crippen molar-refractivity contribution in [3.8, 4) is 0 Å². The quantitative estimate of drug-likeness (QED) is 0.688. The van der Waals surface area contributed by atoms with Crippen LogP contribution in [0.2, 0.25) is 0 Å². The molecule has 0 aliphatic carbocycles. The summed E-state index contributed by atoms with van der Waals surface area (Å²) in [5, 5.41) is 2.88. The van der Waals surface area contributed by atoms with Crippen molar-refractivity contribution in [2.45, 2.75) is 32.6 Å². The Kier molecular flexibility index (Phi) is 2.29. The highest BCUT2D eigenvalue weighted by Crippen LogP contribution is 2.29. The van der Waals surface area contributed by atoms with E-state index in [-0.39, 0.29) is 11.3 Å². The van der Waals surface area contributed by atoms with Gasteiger partial charge < -0.3 is 5.32 Å². The third kappa shape index (κ3) is 1.76. The normalized spacial score (nSPS) is 15.8. The lowest BCUT2D eigenvalue weighted by Gasteiger charge is -2.27. The van der Waals surface area contributed by atoms with Gasteiger partial charge in [-0.1, -0.05) is 32.9 Å². The largest absolute Gasteiger partial charge is 0.352 e. The SMILES string of the molecule is CC(C)(C)c1cccc2c1CCNC2=O. The first-order chi connectivity index (χ1) is 7.00. The van der Waals surface area contributed by atoms with Crippen LogP contribution < -0.4 is 5.32 Å². The Morgan fingerprint density at radius 3 is 2.67 bits per heavy atom. The van der Waals surface area contributed by atoms with Gasteiger partial charge in [-0.05, 0) is 29.0 Å². The van der Waals surface area contributed by atoms with Gasteiger partial charge in [0.05, 0.1) is 0 Å². The molecule has 0 spiro atoms. The average Bonchev–Trinajstić information content (AvgIpc) is 2.16. The highest BCUT2D eigenvalue weighted by atomic mass is 16.1. The molecular weight excluding hydrogens is 186 g/mol. The highest BCUT2D eigenvalue weighted by Gasteiger charge is 2.24. The molecule has 0 aromatic heterocycles. The molecule has 0 fully saturated rings. The molecule has 2 nitrogen and oxygen atoms in total. The van der Waals surface area contributed by atoms with Gasteiger partial charge in [0.15, 0.2) is 0 Å². The number of carbonyl (C=O) groups is 1. The lowest BCUT2D eigenvalue weighted by atomic mass is 9.80. The van der Waals surface area contributed by atoms with Gasteiger partial charge in [0.25, 0.3) is 5.91 Å². The van der Waals surface area contributed by atoms with E-state index in [9.17, 15) is 4.79 Å². The molecule has 2 heteroatoms. The number of hydrogen-bond acceptors (Lipinski definition) is 1. The molecule has 0 saturated carbocycles. The smallest absolute Gasteiger partial charge is 0.251 e. The van der Waals surface area contributed by atoms with E-state index in [4.69, 9.17) is 0 Å². The van der Waals surface area contributed by atoms with Gasteiger partial charge in [-0.25, -0.2) is 0 Å². The molecule has 2 rings (SSSR count). The van der Waals surface area contributed by atoms with Crippen molar-refractivity contribution in [2.75, 3.05) is 6.54 Å². The second-order valence-electron chi connectivity index (χ2n) is 5.09. The number of benzene rings is 1. The molecular formula is C13H17NO. The molecule has 1 aliphatic heterocycles. The molecule has 1 heterocycles. The number of rotatable bonds is 0. The van der Waals surface area contributed by atoms with Gasteiger partial charge in [-0.2, -0.15) is 0 Å². The van der Waals surface area contributed by atoms with Crippen LogP contribution in [0, 0.1) is 0 Å². The third-order valence-electron chi connectivity index (χ3n) is 2.89. The summed E-state index contributed by atoms with van der Waals surface area (Å²) >= 11 is 0. The summed E-state index contributed by atoms with van der Waals surface area (Å²) in [6.45, 7) is 7.33. The van der Waals surface area contributed by atoms with Crippen molar-refractivity contribution in [3.63, 3.8) is 0 Å². The molecule has 80 valence electrons. The van der Waals surface area contributed by atoms with Crippen LogP contribution in [0.1, 0.15) is 42.3 Å². The maximum Gasteiger partial charge on any atom is 0.251 e. The summed E-state index contributed by atoms with van der Waals surface area (Å²) in [7, 11) is 0. The molecule has 1 aromatic carbocycles. The molecule has 0 bridgehead atoms. The van der Waals surface area contributed by atoms with E-state index in [0.717, 1.165) is 18.5 Å². The van der Waals surface area contributed by atoms with Crippen molar-refractivity contribution >= 4 is 5.91 Å². The molecule has 15 heavy (non-hydrogen) atoms. The van der Waals surface area contributed by atoms with Crippen LogP contribution >= 0.6 is 0 Å². The van der Waals surface area contributed by atoms with Crippen molar-refractivity contribution in [1.29, 1.82) is 0 Å². The van der Waals surface area contributed by atoms with Crippen molar-refractivity contribution < 1.29 is 4.79 Å². The van der Waals surface area contributed by atoms with E-state index in [2.05, 4.69) is 32.2 Å². The summed E-state index contributed by atoms with van der Waals surface area (Å²) in [5.41, 5.74) is 3.50. The Hall–Kier alpha value is -1.31. The first-order valence-corrected chi connectivity index (χ1v) is 5.41. The monoisotopic (exact) mass is 203 g/mol. The molecule has 1 N–H and O–H groups in total. The molecule has 1 aromatic rings. The summed E-state index contributed by atoms with van der Waals surface area (Å²) in [6.07, 6.45) is 0.953. The number of hydrogen-bond donors (Lipinski definition) is 1. The summed E-state index contributed by atoms with van der Waals surface area (Å²) in [6, 6.07) is 6.03. The zero-order chi connectivity index (χ0) is 11.1. The van der Waals surface area contributed by atoms with E-state index in [1.807, 2.05) is 12.1 Å². The average molecular weight is 203 g/mol. The Morgan fingerprint density at radius 1 is 1.27 bits per heavy atom. The summed E-state index contributed by atoms with van der Waals surface area (Å²) in [4.78, 5) is 11.7. The summed E-state index contributed by atoms with van der Waals surface area (Å²) < 4.78 is 0. The maximum absolute atomic E-state index is 11.7. The summed E-state index contributed by atoms with van der Waals surface area (Å²) in [5.74, 6) is 0.0716. The Balaban J connectivity index is 2.59. The van der Waals surface area contributed by atoms with E-state index >= 15 is 0 Å². The standard InChI is InChI=1S/C13H17NO/c1-13(2,3)11-6-4-5-10-9(11)7-8-14-12(10)15/h4-6H,7-8H2,1-3H3,(H,14,15). The predicted molar refractivity (Wildman–Crippen MR) is 61.2 cm³/mol. The molecule has 0 saturated heterocycles. The lowest BCUT2D eigenvalue weighted by molar-refractivity contribution is 0.0945. The molecule has 1 amide bonds. The van der Waals surface area contributed by atoms with Crippen LogP contribution in [-0.2, 0) is 11.8 Å². The molecule has 0 atom stereocenters. The van der Waals surface area contributed by atoms with Crippen LogP contribution in [-0.4, -0.2) is 12.5 Å². The third-order valence-corrected chi connectivity index (χ3v) is 2.89. The van der Waals surface area contributed by atoms with Crippen LogP contribution in [0.3, 0.4) is 0 Å². The maximum atomic E-state index is 11.7. The second kappa shape index (κ2) is 3.37. The fourth-order valence-corrected chi connectivity index (χ4v) is 2.17. The van der Waals surface area contributed by atoms with Crippen LogP contribution in [0.4, 0.5) is 0 Å². The van der Waals surface area contributed by atoms with Crippen LogP contribution in [0.15, 0.2) is 18.2 Å². The molecule has 1 aliphatic rings. The van der Waals surface area contributed by atoms with E-state index in [1.165, 1.54) is 11.1 Å². The zero-order valence-electron chi connectivity index (χ0n) is 9.55. The first-order valence-electron chi connectivity index (χ1n) is 5.41. The minimum absolute atomic E-state index is 0.0716. The van der Waals surface area contributed by atoms with Crippen LogP contribution in [0.25, 0.3) is 0 Å². The van der Waals surface area contributed by atoms with Gasteiger partial charge >= 0.3 is 0 Å². The Bertz CT molecular complexity index is 401. The van der Waals surface area contributed by atoms with E-state index in [0.29, 0.717) is 0 Å². The minimum atomic E-state index is 0.0716. The number of carbonyl (C=O) groups excluding carboxylic acids is 1. The lowest BCUT2D eigenvalue weighted by Crippen LogP contribution is -2.33. The fourth-order valence-electron chi connectivity index (χ4n) is 2.17. The molecule has 0 radical (unpaired) electrons. The van der Waals surface area contributed by atoms with Crippen molar-refractivity contribution in [2.24, 2.45) is 0 Å². The van der Waals surface area contributed by atoms with Gasteiger partial charge in [0, 0.05) is 12.1 Å². The zero-order valence-corrected chi connectivity index (χ0v) is 9.55. The van der Waals surface area contributed by atoms with Gasteiger partial charge in [-0.15, -0.1) is 0 Å². The predicted octanol–water partition coefficient (Wildman–Crippen LogP) is 2.27. The number of nitrogens with one attached hydrogen (secondary N) is 1. The highest BCUT2D eigenvalue weighted by molar-refractivity contribution is 5.97. The fraction of sp³-hybridized carbons (Fsp3) is 0.462. The van der Waals surface area contributed by atoms with Crippen molar-refractivity contribution in [3.05, 3.63) is 34.9 Å². The number of amides is 1. The first kappa shape index (κ1) is 10.2.